The number of carbonyl (C=O) groups excluding carboxylic acids is 1. The van der Waals surface area contributed by atoms with Gasteiger partial charge in [-0.1, -0.05) is 17.7 Å². The molecule has 0 fully saturated rings. The molecule has 2 aromatic heterocycles. The Morgan fingerprint density at radius 3 is 2.80 bits per heavy atom. The van der Waals surface area contributed by atoms with Crippen molar-refractivity contribution in [3.63, 3.8) is 0 Å². The van der Waals surface area contributed by atoms with Crippen molar-refractivity contribution in [2.75, 3.05) is 7.11 Å². The van der Waals surface area contributed by atoms with Gasteiger partial charge in [-0.15, -0.1) is 0 Å². The number of H-pyrrole nitrogens is 1. The minimum Gasteiger partial charge on any atom is -0.463 e. The number of nitrogens with zero attached hydrogens (tertiary/aromatic N) is 2. The lowest BCUT2D eigenvalue weighted by Gasteiger charge is -2.13. The summed E-state index contributed by atoms with van der Waals surface area (Å²) in [5.41, 5.74) is 2.26. The van der Waals surface area contributed by atoms with Gasteiger partial charge in [0.2, 0.25) is 5.82 Å². The van der Waals surface area contributed by atoms with Crippen LogP contribution in [0, 0.1) is 5.82 Å². The second-order valence-electron chi connectivity index (χ2n) is 6.31. The Bertz CT molecular complexity index is 1260. The first kappa shape index (κ1) is 19.8. The molecule has 0 atom stereocenters. The van der Waals surface area contributed by atoms with Crippen LogP contribution in [0.25, 0.3) is 22.2 Å². The van der Waals surface area contributed by atoms with Crippen LogP contribution in [0.15, 0.2) is 48.8 Å². The van der Waals surface area contributed by atoms with Gasteiger partial charge in [-0.25, -0.2) is 14.2 Å². The molecule has 4 aromatic rings. The first-order valence-electron chi connectivity index (χ1n) is 8.79. The second-order valence-corrected chi connectivity index (χ2v) is 6.72. The SMILES string of the molecule is COC(=O)c1ncc(-c2ccc3nccc(Oc4cc(Cl)c(F)cc4CO)c3c2)[nH]1. The monoisotopic (exact) mass is 427 g/mol. The third-order valence-corrected chi connectivity index (χ3v) is 4.75. The predicted octanol–water partition coefficient (Wildman–Crippen LogP) is 4.49. The normalized spacial score (nSPS) is 10.9. The van der Waals surface area contributed by atoms with Crippen LogP contribution in [0.5, 0.6) is 11.5 Å². The Morgan fingerprint density at radius 1 is 1.20 bits per heavy atom. The average Bonchev–Trinajstić information content (AvgIpc) is 3.26. The zero-order valence-electron chi connectivity index (χ0n) is 15.6. The molecule has 0 aliphatic heterocycles. The van der Waals surface area contributed by atoms with Crippen LogP contribution >= 0.6 is 11.6 Å². The molecule has 0 aliphatic carbocycles. The highest BCUT2D eigenvalue weighted by Gasteiger charge is 2.15. The number of nitrogens with one attached hydrogen (secondary N) is 1. The fourth-order valence-corrected chi connectivity index (χ4v) is 3.11. The summed E-state index contributed by atoms with van der Waals surface area (Å²) in [6.07, 6.45) is 3.10. The molecule has 2 aromatic carbocycles. The zero-order valence-corrected chi connectivity index (χ0v) is 16.4. The number of ether oxygens (including phenoxy) is 2. The molecule has 0 saturated heterocycles. The molecule has 7 nitrogen and oxygen atoms in total. The maximum Gasteiger partial charge on any atom is 0.374 e. The number of hydrogen-bond donors (Lipinski definition) is 2. The molecule has 4 rings (SSSR count). The van der Waals surface area contributed by atoms with Gasteiger partial charge in [0.15, 0.2) is 0 Å². The molecule has 0 bridgehead atoms. The van der Waals surface area contributed by atoms with Crippen LogP contribution < -0.4 is 4.74 Å². The van der Waals surface area contributed by atoms with Crippen LogP contribution in [0.2, 0.25) is 5.02 Å². The maximum atomic E-state index is 13.7. The topological polar surface area (TPSA) is 97.3 Å². The Kier molecular flexibility index (Phi) is 5.35. The Morgan fingerprint density at radius 2 is 2.03 bits per heavy atom. The first-order valence-corrected chi connectivity index (χ1v) is 9.17. The van der Waals surface area contributed by atoms with Gasteiger partial charge in [0.05, 0.1) is 36.1 Å². The lowest BCUT2D eigenvalue weighted by molar-refractivity contribution is 0.0588. The fourth-order valence-electron chi connectivity index (χ4n) is 2.95. The number of hydrogen-bond acceptors (Lipinski definition) is 6. The van der Waals surface area contributed by atoms with E-state index in [9.17, 15) is 14.3 Å². The van der Waals surface area contributed by atoms with E-state index in [1.54, 1.807) is 18.3 Å². The summed E-state index contributed by atoms with van der Waals surface area (Å²) in [6, 6.07) is 9.53. The third-order valence-electron chi connectivity index (χ3n) is 4.46. The van der Waals surface area contributed by atoms with Crippen molar-refractivity contribution >= 4 is 28.5 Å². The van der Waals surface area contributed by atoms with Gasteiger partial charge in [0.1, 0.15) is 17.3 Å². The molecule has 9 heteroatoms. The van der Waals surface area contributed by atoms with Crippen molar-refractivity contribution < 1.29 is 23.8 Å². The Balaban J connectivity index is 1.77. The maximum absolute atomic E-state index is 13.7. The number of aromatic nitrogens is 3. The molecule has 30 heavy (non-hydrogen) atoms. The fraction of sp³-hybridized carbons (Fsp3) is 0.0952. The number of pyridine rings is 1. The molecule has 0 aliphatic rings. The van der Waals surface area contributed by atoms with Crippen molar-refractivity contribution in [2.45, 2.75) is 6.61 Å². The number of aliphatic hydroxyl groups is 1. The molecule has 0 radical (unpaired) electrons. The summed E-state index contributed by atoms with van der Waals surface area (Å²) in [7, 11) is 1.28. The van der Waals surface area contributed by atoms with Crippen molar-refractivity contribution in [1.82, 2.24) is 15.0 Å². The van der Waals surface area contributed by atoms with Crippen molar-refractivity contribution in [3.05, 3.63) is 71.0 Å². The number of aliphatic hydroxyl groups excluding tert-OH is 1. The molecule has 0 saturated carbocycles. The predicted molar refractivity (Wildman–Crippen MR) is 108 cm³/mol. The largest absolute Gasteiger partial charge is 0.463 e. The zero-order chi connectivity index (χ0) is 21.3. The van der Waals surface area contributed by atoms with Gasteiger partial charge in [-0.05, 0) is 24.3 Å². The van der Waals surface area contributed by atoms with Gasteiger partial charge in [-0.3, -0.25) is 4.98 Å². The quantitative estimate of drug-likeness (QED) is 0.455. The molecule has 2 heterocycles. The highest BCUT2D eigenvalue weighted by Crippen LogP contribution is 2.35. The van der Waals surface area contributed by atoms with E-state index in [0.29, 0.717) is 22.3 Å². The number of aromatic amines is 1. The highest BCUT2D eigenvalue weighted by atomic mass is 35.5. The van der Waals surface area contributed by atoms with E-state index in [1.807, 2.05) is 12.1 Å². The molecule has 152 valence electrons. The van der Waals surface area contributed by atoms with E-state index in [4.69, 9.17) is 16.3 Å². The molecule has 0 amide bonds. The third kappa shape index (κ3) is 3.70. The number of rotatable bonds is 5. The lowest BCUT2D eigenvalue weighted by atomic mass is 10.1. The highest BCUT2D eigenvalue weighted by molar-refractivity contribution is 6.30. The van der Waals surface area contributed by atoms with E-state index < -0.39 is 18.4 Å². The average molecular weight is 428 g/mol. The summed E-state index contributed by atoms with van der Waals surface area (Å²) >= 11 is 5.87. The molecule has 0 spiro atoms. The van der Waals surface area contributed by atoms with E-state index >= 15 is 0 Å². The van der Waals surface area contributed by atoms with Crippen LogP contribution in [-0.2, 0) is 11.3 Å². The van der Waals surface area contributed by atoms with Crippen molar-refractivity contribution in [3.8, 4) is 22.8 Å². The summed E-state index contributed by atoms with van der Waals surface area (Å²) in [5.74, 6) is -0.458. The van der Waals surface area contributed by atoms with E-state index in [2.05, 4.69) is 19.7 Å². The van der Waals surface area contributed by atoms with E-state index in [-0.39, 0.29) is 22.2 Å². The molecule has 2 N–H and O–H groups in total. The number of imidazole rings is 1. The number of methoxy groups -OCH3 is 1. The van der Waals surface area contributed by atoms with Crippen LogP contribution in [0.4, 0.5) is 4.39 Å². The molecular formula is C21H15ClFN3O4. The van der Waals surface area contributed by atoms with E-state index in [1.165, 1.54) is 19.4 Å². The van der Waals surface area contributed by atoms with Gasteiger partial charge in [0, 0.05) is 28.8 Å². The smallest absolute Gasteiger partial charge is 0.374 e. The summed E-state index contributed by atoms with van der Waals surface area (Å²) in [4.78, 5) is 22.9. The van der Waals surface area contributed by atoms with Gasteiger partial charge in [0.25, 0.3) is 0 Å². The van der Waals surface area contributed by atoms with Gasteiger partial charge < -0.3 is 19.6 Å². The van der Waals surface area contributed by atoms with Crippen LogP contribution in [0.1, 0.15) is 16.2 Å². The van der Waals surface area contributed by atoms with Crippen LogP contribution in [0.3, 0.4) is 0 Å². The van der Waals surface area contributed by atoms with Crippen molar-refractivity contribution in [1.29, 1.82) is 0 Å². The number of esters is 1. The summed E-state index contributed by atoms with van der Waals surface area (Å²) in [5, 5.41) is 10.1. The standard InChI is InChI=1S/C21H15ClFN3O4/c1-29-21(28)20-25-9-17(26-20)11-2-3-16-13(6-11)18(4-5-24-16)30-19-8-14(22)15(23)7-12(19)10-27/h2-9,27H,10H2,1H3,(H,25,26). The molecule has 0 unspecified atom stereocenters. The number of halogens is 2. The van der Waals surface area contributed by atoms with Crippen molar-refractivity contribution in [2.24, 2.45) is 0 Å². The summed E-state index contributed by atoms with van der Waals surface area (Å²) in [6.45, 7) is -0.415. The van der Waals surface area contributed by atoms with Crippen LogP contribution in [-0.4, -0.2) is 33.1 Å². The van der Waals surface area contributed by atoms with Gasteiger partial charge >= 0.3 is 5.97 Å². The number of carbonyl (C=O) groups is 1. The molecular weight excluding hydrogens is 413 g/mol. The Hall–Kier alpha value is -3.49. The second kappa shape index (κ2) is 8.10. The number of benzene rings is 2. The van der Waals surface area contributed by atoms with E-state index in [0.717, 1.165) is 11.6 Å². The first-order chi connectivity index (χ1) is 14.5. The minimum absolute atomic E-state index is 0.0869. The lowest BCUT2D eigenvalue weighted by Crippen LogP contribution is -2.03. The van der Waals surface area contributed by atoms with Gasteiger partial charge in [-0.2, -0.15) is 0 Å². The Labute approximate surface area is 175 Å². The number of fused-ring (bicyclic) bond motifs is 1. The summed E-state index contributed by atoms with van der Waals surface area (Å²) < 4.78 is 24.3. The minimum atomic E-state index is -0.643.